The van der Waals surface area contributed by atoms with E-state index in [1.165, 1.54) is 17.7 Å². The highest BCUT2D eigenvalue weighted by molar-refractivity contribution is 7.09. The maximum Gasteiger partial charge on any atom is 0.243 e. The molecule has 1 aliphatic heterocycles. The molecule has 1 N–H and O–H groups in total. The standard InChI is InChI=1S/C12H15N3OS/c1-2-6-13-10(5-1)12-14-11(15-16-12)8-9-4-3-7-17-9/h3-4,7,10,13H,1-2,5-6,8H2/t10-/m0/s1. The molecule has 4 nitrogen and oxygen atoms in total. The van der Waals surface area contributed by atoms with Gasteiger partial charge in [0, 0.05) is 11.3 Å². The minimum absolute atomic E-state index is 0.258. The summed E-state index contributed by atoms with van der Waals surface area (Å²) in [6.07, 6.45) is 4.35. The zero-order chi connectivity index (χ0) is 11.5. The van der Waals surface area contributed by atoms with Gasteiger partial charge in [0.25, 0.3) is 0 Å². The molecular weight excluding hydrogens is 234 g/mol. The molecule has 0 radical (unpaired) electrons. The zero-order valence-electron chi connectivity index (χ0n) is 9.56. The Morgan fingerprint density at radius 3 is 3.24 bits per heavy atom. The van der Waals surface area contributed by atoms with Gasteiger partial charge < -0.3 is 9.84 Å². The first-order chi connectivity index (χ1) is 8.42. The summed E-state index contributed by atoms with van der Waals surface area (Å²) in [6.45, 7) is 1.05. The van der Waals surface area contributed by atoms with Gasteiger partial charge in [-0.05, 0) is 30.8 Å². The van der Waals surface area contributed by atoms with Crippen LogP contribution < -0.4 is 5.32 Å². The van der Waals surface area contributed by atoms with Crippen LogP contribution in [-0.4, -0.2) is 16.7 Å². The molecule has 3 heterocycles. The predicted molar refractivity (Wildman–Crippen MR) is 66.0 cm³/mol. The fourth-order valence-electron chi connectivity index (χ4n) is 2.11. The molecule has 0 aliphatic carbocycles. The van der Waals surface area contributed by atoms with Crippen LogP contribution in [0.4, 0.5) is 0 Å². The Bertz CT molecular complexity index is 460. The second kappa shape index (κ2) is 4.98. The molecule has 3 rings (SSSR count). The molecule has 0 aromatic carbocycles. The molecule has 2 aromatic rings. The summed E-state index contributed by atoms with van der Waals surface area (Å²) in [4.78, 5) is 5.75. The van der Waals surface area contributed by atoms with E-state index in [1.807, 2.05) is 6.07 Å². The van der Waals surface area contributed by atoms with E-state index in [9.17, 15) is 0 Å². The lowest BCUT2D eigenvalue weighted by atomic mass is 10.1. The van der Waals surface area contributed by atoms with Crippen LogP contribution in [0, 0.1) is 0 Å². The Hall–Kier alpha value is -1.20. The normalized spacial score (nSPS) is 20.6. The first-order valence-corrected chi connectivity index (χ1v) is 6.88. The number of rotatable bonds is 3. The number of aromatic nitrogens is 2. The highest BCUT2D eigenvalue weighted by atomic mass is 32.1. The minimum Gasteiger partial charge on any atom is -0.338 e. The van der Waals surface area contributed by atoms with Gasteiger partial charge in [0.2, 0.25) is 5.89 Å². The maximum atomic E-state index is 5.33. The molecule has 2 aromatic heterocycles. The molecule has 1 aliphatic rings. The summed E-state index contributed by atoms with van der Waals surface area (Å²) in [5, 5.41) is 9.53. The maximum absolute atomic E-state index is 5.33. The van der Waals surface area contributed by atoms with E-state index < -0.39 is 0 Å². The lowest BCUT2D eigenvalue weighted by molar-refractivity contribution is 0.296. The van der Waals surface area contributed by atoms with Crippen molar-refractivity contribution in [3.63, 3.8) is 0 Å². The number of nitrogens with zero attached hydrogens (tertiary/aromatic N) is 2. The predicted octanol–water partition coefficient (Wildman–Crippen LogP) is 2.54. The third-order valence-corrected chi connectivity index (χ3v) is 3.88. The van der Waals surface area contributed by atoms with Gasteiger partial charge in [-0.25, -0.2) is 0 Å². The molecule has 0 bridgehead atoms. The molecule has 0 spiro atoms. The molecule has 17 heavy (non-hydrogen) atoms. The van der Waals surface area contributed by atoms with E-state index >= 15 is 0 Å². The van der Waals surface area contributed by atoms with Gasteiger partial charge in [0.05, 0.1) is 6.04 Å². The Balaban J connectivity index is 1.69. The second-order valence-corrected chi connectivity index (χ2v) is 5.34. The minimum atomic E-state index is 0.258. The van der Waals surface area contributed by atoms with E-state index in [2.05, 4.69) is 26.9 Å². The SMILES string of the molecule is c1csc(Cc2noc([C@@H]3CCCCN3)n2)c1. The molecule has 1 fully saturated rings. The van der Waals surface area contributed by atoms with Gasteiger partial charge in [-0.1, -0.05) is 17.6 Å². The van der Waals surface area contributed by atoms with Gasteiger partial charge in [-0.3, -0.25) is 0 Å². The number of piperidine rings is 1. The monoisotopic (exact) mass is 249 g/mol. The quantitative estimate of drug-likeness (QED) is 0.908. The van der Waals surface area contributed by atoms with Gasteiger partial charge in [-0.2, -0.15) is 4.98 Å². The first kappa shape index (κ1) is 10.9. The van der Waals surface area contributed by atoms with Crippen molar-refractivity contribution >= 4 is 11.3 Å². The highest BCUT2D eigenvalue weighted by Gasteiger charge is 2.20. The van der Waals surface area contributed by atoms with Crippen LogP contribution in [0.15, 0.2) is 22.0 Å². The van der Waals surface area contributed by atoms with E-state index in [-0.39, 0.29) is 6.04 Å². The lowest BCUT2D eigenvalue weighted by Gasteiger charge is -2.19. The number of thiophene rings is 1. The summed E-state index contributed by atoms with van der Waals surface area (Å²) in [5.74, 6) is 1.53. The molecule has 0 unspecified atom stereocenters. The Labute approximate surface area is 104 Å². The summed E-state index contributed by atoms with van der Waals surface area (Å²) in [6, 6.07) is 4.40. The summed E-state index contributed by atoms with van der Waals surface area (Å²) in [7, 11) is 0. The van der Waals surface area contributed by atoms with Crippen LogP contribution in [0.5, 0.6) is 0 Å². The fraction of sp³-hybridized carbons (Fsp3) is 0.500. The number of hydrogen-bond donors (Lipinski definition) is 1. The van der Waals surface area contributed by atoms with Gasteiger partial charge in [-0.15, -0.1) is 11.3 Å². The Kier molecular flexibility index (Phi) is 3.20. The van der Waals surface area contributed by atoms with Crippen LogP contribution >= 0.6 is 11.3 Å². The Morgan fingerprint density at radius 2 is 2.47 bits per heavy atom. The molecule has 1 atom stereocenters. The van der Waals surface area contributed by atoms with Crippen molar-refractivity contribution in [2.24, 2.45) is 0 Å². The lowest BCUT2D eigenvalue weighted by Crippen LogP contribution is -2.26. The van der Waals surface area contributed by atoms with E-state index in [4.69, 9.17) is 4.52 Å². The summed E-state index contributed by atoms with van der Waals surface area (Å²) >= 11 is 1.73. The topological polar surface area (TPSA) is 51.0 Å². The average Bonchev–Trinajstić information content (AvgIpc) is 3.02. The fourth-order valence-corrected chi connectivity index (χ4v) is 2.81. The van der Waals surface area contributed by atoms with Crippen LogP contribution in [0.2, 0.25) is 0 Å². The average molecular weight is 249 g/mol. The van der Waals surface area contributed by atoms with Gasteiger partial charge in [0.1, 0.15) is 0 Å². The van der Waals surface area contributed by atoms with Crippen molar-refractivity contribution in [2.75, 3.05) is 6.54 Å². The van der Waals surface area contributed by atoms with Crippen molar-refractivity contribution in [1.29, 1.82) is 0 Å². The summed E-state index contributed by atoms with van der Waals surface area (Å²) < 4.78 is 5.33. The smallest absolute Gasteiger partial charge is 0.243 e. The molecule has 90 valence electrons. The molecule has 0 saturated carbocycles. The van der Waals surface area contributed by atoms with Crippen molar-refractivity contribution < 1.29 is 4.52 Å². The highest BCUT2D eigenvalue weighted by Crippen LogP contribution is 2.22. The molecular formula is C12H15N3OS. The second-order valence-electron chi connectivity index (χ2n) is 4.31. The van der Waals surface area contributed by atoms with E-state index in [0.29, 0.717) is 0 Å². The van der Waals surface area contributed by atoms with E-state index in [0.717, 1.165) is 31.1 Å². The Morgan fingerprint density at radius 1 is 1.47 bits per heavy atom. The largest absolute Gasteiger partial charge is 0.338 e. The van der Waals surface area contributed by atoms with Gasteiger partial charge in [0.15, 0.2) is 5.82 Å². The van der Waals surface area contributed by atoms with Crippen LogP contribution in [0.3, 0.4) is 0 Å². The van der Waals surface area contributed by atoms with Crippen LogP contribution in [0.1, 0.15) is 41.9 Å². The third kappa shape index (κ3) is 2.56. The van der Waals surface area contributed by atoms with Crippen LogP contribution in [-0.2, 0) is 6.42 Å². The number of nitrogens with one attached hydrogen (secondary N) is 1. The first-order valence-electron chi connectivity index (χ1n) is 6.00. The zero-order valence-corrected chi connectivity index (χ0v) is 10.4. The van der Waals surface area contributed by atoms with Crippen LogP contribution in [0.25, 0.3) is 0 Å². The summed E-state index contributed by atoms with van der Waals surface area (Å²) in [5.41, 5.74) is 0. The van der Waals surface area contributed by atoms with Crippen molar-refractivity contribution in [3.05, 3.63) is 34.1 Å². The third-order valence-electron chi connectivity index (χ3n) is 3.00. The molecule has 0 amide bonds. The van der Waals surface area contributed by atoms with Gasteiger partial charge >= 0.3 is 0 Å². The number of hydrogen-bond acceptors (Lipinski definition) is 5. The van der Waals surface area contributed by atoms with Crippen molar-refractivity contribution in [1.82, 2.24) is 15.5 Å². The van der Waals surface area contributed by atoms with Crippen molar-refractivity contribution in [3.8, 4) is 0 Å². The van der Waals surface area contributed by atoms with E-state index in [1.54, 1.807) is 11.3 Å². The van der Waals surface area contributed by atoms with Crippen molar-refractivity contribution in [2.45, 2.75) is 31.7 Å². The molecule has 1 saturated heterocycles. The molecule has 5 heteroatoms.